The van der Waals surface area contributed by atoms with Gasteiger partial charge >= 0.3 is 11.9 Å². The smallest absolute Gasteiger partial charge is 0.306 e. The summed E-state index contributed by atoms with van der Waals surface area (Å²) < 4.78 is 34.4. The molecule has 0 aliphatic rings. The molecule has 0 saturated carbocycles. The third-order valence-corrected chi connectivity index (χ3v) is 19.1. The maximum absolute atomic E-state index is 12.9. The molecule has 0 saturated heterocycles. The van der Waals surface area contributed by atoms with Crippen LogP contribution in [0.5, 0.6) is 0 Å². The standard InChI is InChI=1S/C76H152NO8P/c1-6-8-10-12-14-16-18-20-22-24-26-28-29-30-31-32-33-34-35-36-37-38-39-40-41-42-43-44-45-46-47-49-51-53-55-57-59-61-63-65-67-69-76(79)85-74(73-84-86(80,81)83-71-70-77(3,4)5)72-82-75(78)68-66-64-62-60-58-56-54-52-50-48-27-25-23-21-19-17-15-13-11-9-7-2/h74H,6-73H2,1-5H3. The highest BCUT2D eigenvalue weighted by atomic mass is 31.2. The zero-order valence-corrected chi connectivity index (χ0v) is 59.7. The molecule has 0 fully saturated rings. The highest BCUT2D eigenvalue weighted by Gasteiger charge is 2.22. The van der Waals surface area contributed by atoms with E-state index in [9.17, 15) is 19.0 Å². The second-order valence-corrected chi connectivity index (χ2v) is 29.5. The molecule has 2 unspecified atom stereocenters. The van der Waals surface area contributed by atoms with Gasteiger partial charge < -0.3 is 27.9 Å². The molecule has 0 aliphatic carbocycles. The number of esters is 2. The van der Waals surface area contributed by atoms with Crippen molar-refractivity contribution in [3.8, 4) is 0 Å². The van der Waals surface area contributed by atoms with Crippen molar-refractivity contribution in [1.82, 2.24) is 0 Å². The zero-order chi connectivity index (χ0) is 62.6. The van der Waals surface area contributed by atoms with E-state index < -0.39 is 26.5 Å². The van der Waals surface area contributed by atoms with Gasteiger partial charge in [-0.05, 0) is 12.8 Å². The summed E-state index contributed by atoms with van der Waals surface area (Å²) in [6, 6.07) is 0. The molecule has 0 aromatic heterocycles. The van der Waals surface area contributed by atoms with Gasteiger partial charge in [0, 0.05) is 12.8 Å². The Bertz CT molecular complexity index is 1410. The van der Waals surface area contributed by atoms with E-state index >= 15 is 0 Å². The van der Waals surface area contributed by atoms with Gasteiger partial charge in [0.25, 0.3) is 7.82 Å². The van der Waals surface area contributed by atoms with Crippen LogP contribution in [0.3, 0.4) is 0 Å². The van der Waals surface area contributed by atoms with Crippen molar-refractivity contribution < 1.29 is 42.1 Å². The summed E-state index contributed by atoms with van der Waals surface area (Å²) in [5.74, 6) is -0.803. The molecule has 0 spiro atoms. The van der Waals surface area contributed by atoms with E-state index in [1.807, 2.05) is 21.1 Å². The van der Waals surface area contributed by atoms with Gasteiger partial charge in [-0.15, -0.1) is 0 Å². The summed E-state index contributed by atoms with van der Waals surface area (Å²) in [5.41, 5.74) is 0. The first kappa shape index (κ1) is 85.0. The van der Waals surface area contributed by atoms with Crippen LogP contribution >= 0.6 is 7.82 Å². The summed E-state index contributed by atoms with van der Waals surface area (Å²) in [7, 11) is 1.20. The largest absolute Gasteiger partial charge is 0.756 e. The maximum Gasteiger partial charge on any atom is 0.306 e. The average molecular weight is 1240 g/mol. The van der Waals surface area contributed by atoms with Crippen molar-refractivity contribution in [3.05, 3.63) is 0 Å². The molecule has 2 atom stereocenters. The van der Waals surface area contributed by atoms with Gasteiger partial charge in [0.2, 0.25) is 0 Å². The summed E-state index contributed by atoms with van der Waals surface area (Å²) >= 11 is 0. The Balaban J connectivity index is 3.83. The van der Waals surface area contributed by atoms with Crippen LogP contribution < -0.4 is 4.89 Å². The first-order chi connectivity index (χ1) is 42.0. The minimum Gasteiger partial charge on any atom is -0.756 e. The lowest BCUT2D eigenvalue weighted by Gasteiger charge is -2.28. The van der Waals surface area contributed by atoms with Gasteiger partial charge in [-0.3, -0.25) is 14.2 Å². The fraction of sp³-hybridized carbons (Fsp3) is 0.974. The molecule has 514 valence electrons. The Kier molecular flexibility index (Phi) is 67.6. The molecule has 0 aromatic rings. The van der Waals surface area contributed by atoms with E-state index in [2.05, 4.69) is 13.8 Å². The summed E-state index contributed by atoms with van der Waals surface area (Å²) in [6.45, 7) is 4.34. The van der Waals surface area contributed by atoms with Crippen molar-refractivity contribution >= 4 is 19.8 Å². The van der Waals surface area contributed by atoms with Crippen LogP contribution in [0.25, 0.3) is 0 Å². The van der Waals surface area contributed by atoms with Crippen molar-refractivity contribution in [3.63, 3.8) is 0 Å². The predicted octanol–water partition coefficient (Wildman–Crippen LogP) is 24.7. The summed E-state index contributed by atoms with van der Waals surface area (Å²) in [6.07, 6.45) is 83.8. The Hall–Kier alpha value is -0.990. The molecule has 9 nitrogen and oxygen atoms in total. The Morgan fingerprint density at radius 3 is 0.744 bits per heavy atom. The number of hydrogen-bond acceptors (Lipinski definition) is 8. The number of unbranched alkanes of at least 4 members (excludes halogenated alkanes) is 60. The second kappa shape index (κ2) is 68.4. The molecule has 0 heterocycles. The molecule has 86 heavy (non-hydrogen) atoms. The highest BCUT2D eigenvalue weighted by Crippen LogP contribution is 2.38. The number of quaternary nitrogens is 1. The van der Waals surface area contributed by atoms with E-state index in [1.54, 1.807) is 0 Å². The molecule has 0 aromatic carbocycles. The monoisotopic (exact) mass is 1240 g/mol. The molecule has 0 radical (unpaired) electrons. The van der Waals surface area contributed by atoms with E-state index in [1.165, 1.54) is 360 Å². The Morgan fingerprint density at radius 1 is 0.314 bits per heavy atom. The Morgan fingerprint density at radius 2 is 0.523 bits per heavy atom. The fourth-order valence-electron chi connectivity index (χ4n) is 12.2. The van der Waals surface area contributed by atoms with Gasteiger partial charge in [-0.25, -0.2) is 0 Å². The number of carbonyl (C=O) groups excluding carboxylic acids is 2. The van der Waals surface area contributed by atoms with Crippen molar-refractivity contribution in [2.45, 2.75) is 431 Å². The minimum absolute atomic E-state index is 0.0248. The highest BCUT2D eigenvalue weighted by molar-refractivity contribution is 7.45. The summed E-state index contributed by atoms with van der Waals surface area (Å²) in [5, 5.41) is 0. The number of hydrogen-bond donors (Lipinski definition) is 0. The van der Waals surface area contributed by atoms with E-state index in [0.29, 0.717) is 17.4 Å². The van der Waals surface area contributed by atoms with Crippen LogP contribution in [0.2, 0.25) is 0 Å². The van der Waals surface area contributed by atoms with E-state index in [-0.39, 0.29) is 32.0 Å². The topological polar surface area (TPSA) is 111 Å². The predicted molar refractivity (Wildman–Crippen MR) is 370 cm³/mol. The van der Waals surface area contributed by atoms with Crippen LogP contribution in [0.15, 0.2) is 0 Å². The first-order valence-electron chi connectivity index (χ1n) is 38.7. The molecule has 0 rings (SSSR count). The van der Waals surface area contributed by atoms with Crippen LogP contribution in [-0.2, 0) is 32.7 Å². The lowest BCUT2D eigenvalue weighted by Crippen LogP contribution is -2.37. The third kappa shape index (κ3) is 72.1. The number of likely N-dealkylation sites (N-methyl/N-ethyl adjacent to an activating group) is 1. The van der Waals surface area contributed by atoms with Crippen LogP contribution in [0, 0.1) is 0 Å². The number of rotatable bonds is 74. The molecule has 0 aliphatic heterocycles. The number of carbonyl (C=O) groups is 2. The number of phosphoric ester groups is 1. The quantitative estimate of drug-likeness (QED) is 0.0256. The van der Waals surface area contributed by atoms with Gasteiger partial charge in [0.1, 0.15) is 19.8 Å². The van der Waals surface area contributed by atoms with Gasteiger partial charge in [0.15, 0.2) is 6.10 Å². The Labute approximate surface area is 537 Å². The van der Waals surface area contributed by atoms with Gasteiger partial charge in [-0.2, -0.15) is 0 Å². The zero-order valence-electron chi connectivity index (χ0n) is 58.8. The average Bonchev–Trinajstić information content (AvgIpc) is 3.70. The van der Waals surface area contributed by atoms with Crippen molar-refractivity contribution in [1.29, 1.82) is 0 Å². The van der Waals surface area contributed by atoms with Gasteiger partial charge in [0.05, 0.1) is 27.7 Å². The summed E-state index contributed by atoms with van der Waals surface area (Å²) in [4.78, 5) is 38.1. The minimum atomic E-state index is -4.64. The van der Waals surface area contributed by atoms with E-state index in [0.717, 1.165) is 32.1 Å². The second-order valence-electron chi connectivity index (χ2n) is 28.1. The lowest BCUT2D eigenvalue weighted by molar-refractivity contribution is -0.870. The van der Waals surface area contributed by atoms with Crippen LogP contribution in [0.4, 0.5) is 0 Å². The van der Waals surface area contributed by atoms with Crippen LogP contribution in [0.1, 0.15) is 425 Å². The molecule has 0 bridgehead atoms. The van der Waals surface area contributed by atoms with Crippen molar-refractivity contribution in [2.75, 3.05) is 47.5 Å². The van der Waals surface area contributed by atoms with Crippen LogP contribution in [-0.4, -0.2) is 70.0 Å². The first-order valence-corrected chi connectivity index (χ1v) is 40.2. The molecule has 10 heteroatoms. The van der Waals surface area contributed by atoms with E-state index in [4.69, 9.17) is 18.5 Å². The molecular formula is C76H152NO8P. The fourth-order valence-corrected chi connectivity index (χ4v) is 12.9. The number of ether oxygens (including phenoxy) is 2. The molecule has 0 amide bonds. The molecule has 0 N–H and O–H groups in total. The third-order valence-electron chi connectivity index (χ3n) is 18.1. The maximum atomic E-state index is 12.9. The molecular weight excluding hydrogens is 1090 g/mol. The SMILES string of the molecule is CCCCCCCCCCCCCCCCCCCCCCCCCCCCCCCCCCCCCCCCCCCC(=O)OC(COC(=O)CCCCCCCCCCCCCCCCCCCCCCC)COP(=O)([O-])OCC[N+](C)(C)C. The number of phosphoric acid groups is 1. The normalized spacial score (nSPS) is 13.0. The number of nitrogens with zero attached hydrogens (tertiary/aromatic N) is 1. The van der Waals surface area contributed by atoms with Crippen molar-refractivity contribution in [2.24, 2.45) is 0 Å². The van der Waals surface area contributed by atoms with Gasteiger partial charge in [-0.1, -0.05) is 399 Å². The lowest BCUT2D eigenvalue weighted by atomic mass is 10.0.